The maximum Gasteiger partial charge on any atom is 0.312 e. The summed E-state index contributed by atoms with van der Waals surface area (Å²) in [5, 5.41) is 11.8. The van der Waals surface area contributed by atoms with E-state index in [4.69, 9.17) is 9.94 Å². The molecule has 15 heavy (non-hydrogen) atoms. The highest BCUT2D eigenvalue weighted by molar-refractivity contribution is 6.07. The molecule has 1 N–H and O–H groups in total. The Hall–Kier alpha value is -1.91. The van der Waals surface area contributed by atoms with Crippen LogP contribution in [0.1, 0.15) is 19.0 Å². The van der Waals surface area contributed by atoms with Crippen molar-refractivity contribution in [2.45, 2.75) is 13.3 Å². The lowest BCUT2D eigenvalue weighted by atomic mass is 10.2. The molecule has 0 aliphatic heterocycles. The highest BCUT2D eigenvalue weighted by Crippen LogP contribution is 2.01. The summed E-state index contributed by atoms with van der Waals surface area (Å²) in [5.41, 5.74) is 0.669. The lowest BCUT2D eigenvalue weighted by Crippen LogP contribution is -2.13. The molecule has 1 rings (SSSR count). The number of esters is 1. The summed E-state index contributed by atoms with van der Waals surface area (Å²) in [4.78, 5) is 15.1. The van der Waals surface area contributed by atoms with Gasteiger partial charge in [-0.15, -0.1) is 0 Å². The number of aromatic nitrogens is 1. The highest BCUT2D eigenvalue weighted by Gasteiger charge is 2.11. The first kappa shape index (κ1) is 11.2. The standard InChI is InChI=1S/C10H12N2O3/c1-2-15-10(13)7-9(12-14)8-5-3-4-6-11-8/h3-6,14H,2,7H2,1H3/b12-9-. The van der Waals surface area contributed by atoms with Gasteiger partial charge in [0.1, 0.15) is 5.71 Å². The molecular formula is C10H12N2O3. The largest absolute Gasteiger partial charge is 0.466 e. The van der Waals surface area contributed by atoms with Gasteiger partial charge >= 0.3 is 5.97 Å². The summed E-state index contributed by atoms with van der Waals surface area (Å²) in [7, 11) is 0. The van der Waals surface area contributed by atoms with Gasteiger partial charge in [0.25, 0.3) is 0 Å². The number of oxime groups is 1. The Morgan fingerprint density at radius 3 is 2.93 bits per heavy atom. The van der Waals surface area contributed by atoms with Crippen molar-refractivity contribution in [1.29, 1.82) is 0 Å². The van der Waals surface area contributed by atoms with Gasteiger partial charge in [0.15, 0.2) is 0 Å². The molecule has 1 heterocycles. The Bertz CT molecular complexity index is 349. The van der Waals surface area contributed by atoms with Crippen molar-refractivity contribution in [3.63, 3.8) is 0 Å². The Kier molecular flexibility index (Phi) is 4.28. The van der Waals surface area contributed by atoms with Crippen LogP contribution in [0.15, 0.2) is 29.6 Å². The minimum Gasteiger partial charge on any atom is -0.466 e. The van der Waals surface area contributed by atoms with E-state index in [0.29, 0.717) is 12.3 Å². The zero-order chi connectivity index (χ0) is 11.1. The lowest BCUT2D eigenvalue weighted by Gasteiger charge is -2.03. The first-order valence-corrected chi connectivity index (χ1v) is 4.56. The second-order valence-electron chi connectivity index (χ2n) is 2.74. The molecule has 0 spiro atoms. The van der Waals surface area contributed by atoms with Crippen LogP contribution in [0.4, 0.5) is 0 Å². The summed E-state index contributed by atoms with van der Waals surface area (Å²) in [6, 6.07) is 5.15. The van der Waals surface area contributed by atoms with Crippen LogP contribution in [0.5, 0.6) is 0 Å². The molecule has 0 saturated carbocycles. The number of carbonyl (C=O) groups is 1. The molecule has 0 atom stereocenters. The quantitative estimate of drug-likeness (QED) is 0.349. The minimum absolute atomic E-state index is 0.0820. The van der Waals surface area contributed by atoms with E-state index in [1.54, 1.807) is 31.3 Å². The summed E-state index contributed by atoms with van der Waals surface area (Å²) >= 11 is 0. The molecule has 0 radical (unpaired) electrons. The molecule has 5 nitrogen and oxygen atoms in total. The third-order valence-corrected chi connectivity index (χ3v) is 1.70. The predicted octanol–water partition coefficient (Wildman–Crippen LogP) is 1.21. The van der Waals surface area contributed by atoms with E-state index in [9.17, 15) is 4.79 Å². The van der Waals surface area contributed by atoms with Gasteiger partial charge in [-0.05, 0) is 19.1 Å². The lowest BCUT2D eigenvalue weighted by molar-refractivity contribution is -0.141. The van der Waals surface area contributed by atoms with Crippen LogP contribution in [0, 0.1) is 0 Å². The van der Waals surface area contributed by atoms with Crippen LogP contribution in [0.25, 0.3) is 0 Å². The first-order valence-electron chi connectivity index (χ1n) is 4.56. The third kappa shape index (κ3) is 3.38. The van der Waals surface area contributed by atoms with Crippen molar-refractivity contribution in [3.8, 4) is 0 Å². The molecular weight excluding hydrogens is 196 g/mol. The Morgan fingerprint density at radius 1 is 1.60 bits per heavy atom. The SMILES string of the molecule is CCOC(=O)C/C(=N/O)c1ccccn1. The van der Waals surface area contributed by atoms with E-state index in [1.165, 1.54) is 0 Å². The van der Waals surface area contributed by atoms with E-state index < -0.39 is 5.97 Å². The number of pyridine rings is 1. The van der Waals surface area contributed by atoms with Crippen molar-refractivity contribution in [3.05, 3.63) is 30.1 Å². The second kappa shape index (κ2) is 5.74. The van der Waals surface area contributed by atoms with Gasteiger partial charge in [0.2, 0.25) is 0 Å². The average Bonchev–Trinajstić information content (AvgIpc) is 2.27. The van der Waals surface area contributed by atoms with E-state index in [2.05, 4.69) is 10.1 Å². The molecule has 0 unspecified atom stereocenters. The summed E-state index contributed by atoms with van der Waals surface area (Å²) in [6.07, 6.45) is 1.48. The molecule has 0 fully saturated rings. The smallest absolute Gasteiger partial charge is 0.312 e. The maximum absolute atomic E-state index is 11.1. The molecule has 80 valence electrons. The van der Waals surface area contributed by atoms with Gasteiger partial charge in [0, 0.05) is 6.20 Å². The Morgan fingerprint density at radius 2 is 2.40 bits per heavy atom. The van der Waals surface area contributed by atoms with E-state index in [-0.39, 0.29) is 12.1 Å². The van der Waals surface area contributed by atoms with E-state index in [0.717, 1.165) is 0 Å². The highest BCUT2D eigenvalue weighted by atomic mass is 16.5. The Labute approximate surface area is 87.4 Å². The third-order valence-electron chi connectivity index (χ3n) is 1.70. The number of ether oxygens (including phenoxy) is 1. The second-order valence-corrected chi connectivity index (χ2v) is 2.74. The zero-order valence-electron chi connectivity index (χ0n) is 8.38. The van der Waals surface area contributed by atoms with E-state index in [1.807, 2.05) is 0 Å². The molecule has 5 heteroatoms. The fraction of sp³-hybridized carbons (Fsp3) is 0.300. The number of hydrogen-bond acceptors (Lipinski definition) is 5. The van der Waals surface area contributed by atoms with Crippen molar-refractivity contribution in [2.75, 3.05) is 6.61 Å². The molecule has 0 aliphatic rings. The average molecular weight is 208 g/mol. The van der Waals surface area contributed by atoms with Crippen LogP contribution in [-0.2, 0) is 9.53 Å². The fourth-order valence-electron chi connectivity index (χ4n) is 1.06. The molecule has 0 aliphatic carbocycles. The van der Waals surface area contributed by atoms with Crippen LogP contribution in [-0.4, -0.2) is 28.5 Å². The number of nitrogens with zero attached hydrogens (tertiary/aromatic N) is 2. The van der Waals surface area contributed by atoms with E-state index >= 15 is 0 Å². The summed E-state index contributed by atoms with van der Waals surface area (Å²) in [5.74, 6) is -0.434. The van der Waals surface area contributed by atoms with Gasteiger partial charge in [-0.2, -0.15) is 0 Å². The van der Waals surface area contributed by atoms with Crippen molar-refractivity contribution >= 4 is 11.7 Å². The van der Waals surface area contributed by atoms with Crippen LogP contribution in [0.3, 0.4) is 0 Å². The van der Waals surface area contributed by atoms with Gasteiger partial charge in [-0.3, -0.25) is 9.78 Å². The summed E-state index contributed by atoms with van der Waals surface area (Å²) < 4.78 is 4.74. The van der Waals surface area contributed by atoms with Crippen molar-refractivity contribution in [2.24, 2.45) is 5.16 Å². The molecule has 0 aromatic carbocycles. The van der Waals surface area contributed by atoms with Crippen LogP contribution >= 0.6 is 0 Å². The molecule has 0 bridgehead atoms. The normalized spacial score (nSPS) is 11.1. The van der Waals surface area contributed by atoms with Crippen molar-refractivity contribution in [1.82, 2.24) is 4.98 Å². The maximum atomic E-state index is 11.1. The topological polar surface area (TPSA) is 71.8 Å². The zero-order valence-corrected chi connectivity index (χ0v) is 8.38. The number of carbonyl (C=O) groups excluding carboxylic acids is 1. The number of hydrogen-bond donors (Lipinski definition) is 1. The number of rotatable bonds is 4. The first-order chi connectivity index (χ1) is 7.27. The summed E-state index contributed by atoms with van der Waals surface area (Å²) in [6.45, 7) is 2.02. The van der Waals surface area contributed by atoms with Gasteiger partial charge in [0.05, 0.1) is 18.7 Å². The van der Waals surface area contributed by atoms with Crippen molar-refractivity contribution < 1.29 is 14.7 Å². The molecule has 1 aromatic rings. The monoisotopic (exact) mass is 208 g/mol. The molecule has 0 amide bonds. The fourth-order valence-corrected chi connectivity index (χ4v) is 1.06. The van der Waals surface area contributed by atoms with Crippen LogP contribution < -0.4 is 0 Å². The minimum atomic E-state index is -0.434. The van der Waals surface area contributed by atoms with Gasteiger partial charge in [-0.1, -0.05) is 11.2 Å². The van der Waals surface area contributed by atoms with Gasteiger partial charge < -0.3 is 9.94 Å². The van der Waals surface area contributed by atoms with Crippen LogP contribution in [0.2, 0.25) is 0 Å². The van der Waals surface area contributed by atoms with Gasteiger partial charge in [-0.25, -0.2) is 0 Å². The molecule has 1 aromatic heterocycles. The molecule has 0 saturated heterocycles. The predicted molar refractivity (Wildman–Crippen MR) is 53.8 cm³/mol. The Balaban J connectivity index is 2.70.